The quantitative estimate of drug-likeness (QED) is 0.359. The van der Waals surface area contributed by atoms with Gasteiger partial charge in [-0.15, -0.1) is 0 Å². The molecule has 0 fully saturated rings. The Hall–Kier alpha value is -3.78. The second-order valence-electron chi connectivity index (χ2n) is 7.57. The molecule has 2 aromatic heterocycles. The summed E-state index contributed by atoms with van der Waals surface area (Å²) < 4.78 is 1.98. The van der Waals surface area contributed by atoms with Crippen molar-refractivity contribution >= 4 is 23.2 Å². The standard InChI is InChI=1S/C25H24N4O3S/c1-2-3-14-29-23(28-25(32)33-29)20-7-5-4-6-19(20)18-10-8-17(9-11-18)15-27-22-12-13-26-16-21(22)24(30)31/h4-13,16H,2-3,14-15H2,1H3,(H,26,27)(H,30,31). The van der Waals surface area contributed by atoms with Crippen molar-refractivity contribution in [3.8, 4) is 22.5 Å². The Morgan fingerprint density at radius 3 is 2.58 bits per heavy atom. The normalized spacial score (nSPS) is 10.8. The predicted molar refractivity (Wildman–Crippen MR) is 131 cm³/mol. The first-order valence-corrected chi connectivity index (χ1v) is 11.5. The fraction of sp³-hybridized carbons (Fsp3) is 0.200. The van der Waals surface area contributed by atoms with Crippen LogP contribution in [0.4, 0.5) is 5.69 Å². The van der Waals surface area contributed by atoms with E-state index in [1.54, 1.807) is 12.3 Å². The Bertz CT molecular complexity index is 1310. The molecule has 7 nitrogen and oxygen atoms in total. The Labute approximate surface area is 195 Å². The minimum Gasteiger partial charge on any atom is -0.478 e. The Morgan fingerprint density at radius 1 is 1.09 bits per heavy atom. The number of hydrogen-bond donors (Lipinski definition) is 2. The van der Waals surface area contributed by atoms with E-state index in [0.717, 1.165) is 53.2 Å². The SMILES string of the molecule is CCCCn1sc(=O)nc1-c1ccccc1-c1ccc(CNc2ccncc2C(=O)O)cc1. The molecule has 0 aliphatic rings. The number of carboxylic acids is 1. The molecule has 0 saturated heterocycles. The minimum absolute atomic E-state index is 0.139. The number of aromatic nitrogens is 3. The van der Waals surface area contributed by atoms with E-state index in [-0.39, 0.29) is 10.4 Å². The van der Waals surface area contributed by atoms with E-state index >= 15 is 0 Å². The van der Waals surface area contributed by atoms with Crippen LogP contribution in [0.15, 0.2) is 71.8 Å². The maximum Gasteiger partial charge on any atom is 0.344 e. The maximum atomic E-state index is 12.0. The van der Waals surface area contributed by atoms with Gasteiger partial charge in [-0.2, -0.15) is 4.98 Å². The first-order valence-electron chi connectivity index (χ1n) is 10.7. The number of aromatic carboxylic acids is 1. The zero-order chi connectivity index (χ0) is 23.2. The van der Waals surface area contributed by atoms with Gasteiger partial charge < -0.3 is 10.4 Å². The largest absolute Gasteiger partial charge is 0.478 e. The molecule has 0 aliphatic carbocycles. The van der Waals surface area contributed by atoms with Crippen molar-refractivity contribution in [3.63, 3.8) is 0 Å². The lowest BCUT2D eigenvalue weighted by Crippen LogP contribution is -2.06. The molecule has 0 radical (unpaired) electrons. The summed E-state index contributed by atoms with van der Waals surface area (Å²) >= 11 is 1.16. The van der Waals surface area contributed by atoms with E-state index in [4.69, 9.17) is 0 Å². The van der Waals surface area contributed by atoms with Crippen LogP contribution in [0.3, 0.4) is 0 Å². The lowest BCUT2D eigenvalue weighted by Gasteiger charge is -2.12. The highest BCUT2D eigenvalue weighted by Crippen LogP contribution is 2.31. The van der Waals surface area contributed by atoms with Crippen LogP contribution in [0.1, 0.15) is 35.7 Å². The van der Waals surface area contributed by atoms with Crippen LogP contribution in [-0.4, -0.2) is 25.0 Å². The van der Waals surface area contributed by atoms with E-state index in [9.17, 15) is 14.7 Å². The van der Waals surface area contributed by atoms with Crippen molar-refractivity contribution < 1.29 is 9.90 Å². The summed E-state index contributed by atoms with van der Waals surface area (Å²) in [6.07, 6.45) is 4.93. The first-order chi connectivity index (χ1) is 16.1. The summed E-state index contributed by atoms with van der Waals surface area (Å²) in [6, 6.07) is 17.7. The zero-order valence-electron chi connectivity index (χ0n) is 18.2. The van der Waals surface area contributed by atoms with Gasteiger partial charge in [-0.05, 0) is 29.2 Å². The van der Waals surface area contributed by atoms with Gasteiger partial charge in [0.15, 0.2) is 5.82 Å². The number of benzene rings is 2. The lowest BCUT2D eigenvalue weighted by atomic mass is 9.98. The third kappa shape index (κ3) is 5.18. The summed E-state index contributed by atoms with van der Waals surface area (Å²) in [5.74, 6) is -0.310. The molecule has 0 bridgehead atoms. The van der Waals surface area contributed by atoms with Gasteiger partial charge in [0.05, 0.1) is 5.69 Å². The number of rotatable bonds is 9. The summed E-state index contributed by atoms with van der Waals surface area (Å²) in [4.78, 5) is 31.4. The van der Waals surface area contributed by atoms with E-state index in [1.165, 1.54) is 6.20 Å². The van der Waals surface area contributed by atoms with Gasteiger partial charge in [-0.25, -0.2) is 4.79 Å². The van der Waals surface area contributed by atoms with Gasteiger partial charge in [0, 0.05) is 42.6 Å². The van der Waals surface area contributed by atoms with E-state index in [1.807, 2.05) is 52.5 Å². The highest BCUT2D eigenvalue weighted by Gasteiger charge is 2.15. The Balaban J connectivity index is 1.58. The van der Waals surface area contributed by atoms with Gasteiger partial charge in [0.25, 0.3) is 0 Å². The Morgan fingerprint density at radius 2 is 1.85 bits per heavy atom. The molecular weight excluding hydrogens is 436 g/mol. The van der Waals surface area contributed by atoms with Gasteiger partial charge in [0.2, 0.25) is 0 Å². The molecule has 0 spiro atoms. The predicted octanol–water partition coefficient (Wildman–Crippen LogP) is 5.14. The highest BCUT2D eigenvalue weighted by molar-refractivity contribution is 7.03. The van der Waals surface area contributed by atoms with Crippen LogP contribution in [0, 0.1) is 0 Å². The number of hydrogen-bond acceptors (Lipinski definition) is 6. The summed E-state index contributed by atoms with van der Waals surface area (Å²) in [7, 11) is 0. The van der Waals surface area contributed by atoms with Crippen LogP contribution in [0.25, 0.3) is 22.5 Å². The monoisotopic (exact) mass is 460 g/mol. The van der Waals surface area contributed by atoms with Gasteiger partial charge in [-0.1, -0.05) is 61.9 Å². The summed E-state index contributed by atoms with van der Waals surface area (Å²) in [5, 5.41) is 12.5. The molecule has 4 aromatic rings. The maximum absolute atomic E-state index is 12.0. The van der Waals surface area contributed by atoms with Crippen LogP contribution in [-0.2, 0) is 13.1 Å². The second kappa shape index (κ2) is 10.2. The van der Waals surface area contributed by atoms with Crippen molar-refractivity contribution in [1.29, 1.82) is 0 Å². The molecule has 2 aromatic carbocycles. The molecule has 4 rings (SSSR count). The van der Waals surface area contributed by atoms with Crippen molar-refractivity contribution in [1.82, 2.24) is 13.9 Å². The smallest absolute Gasteiger partial charge is 0.344 e. The van der Waals surface area contributed by atoms with Crippen molar-refractivity contribution in [2.45, 2.75) is 32.9 Å². The van der Waals surface area contributed by atoms with Crippen molar-refractivity contribution in [2.24, 2.45) is 0 Å². The fourth-order valence-electron chi connectivity index (χ4n) is 3.60. The number of carbonyl (C=O) groups is 1. The molecule has 0 amide bonds. The molecule has 0 atom stereocenters. The number of unbranched alkanes of at least 4 members (excludes halogenated alkanes) is 1. The highest BCUT2D eigenvalue weighted by atomic mass is 32.1. The second-order valence-corrected chi connectivity index (χ2v) is 8.54. The molecule has 0 unspecified atom stereocenters. The van der Waals surface area contributed by atoms with Crippen LogP contribution >= 0.6 is 11.5 Å². The van der Waals surface area contributed by atoms with Crippen molar-refractivity contribution in [2.75, 3.05) is 5.32 Å². The minimum atomic E-state index is -1.02. The summed E-state index contributed by atoms with van der Waals surface area (Å²) in [5.41, 5.74) is 4.64. The fourth-order valence-corrected chi connectivity index (χ4v) is 4.36. The third-order valence-electron chi connectivity index (χ3n) is 5.30. The molecule has 2 heterocycles. The van der Waals surface area contributed by atoms with E-state index in [0.29, 0.717) is 18.1 Å². The van der Waals surface area contributed by atoms with Crippen LogP contribution in [0.2, 0.25) is 0 Å². The van der Waals surface area contributed by atoms with Gasteiger partial charge in [-0.3, -0.25) is 13.7 Å². The zero-order valence-corrected chi connectivity index (χ0v) is 19.0. The average molecular weight is 461 g/mol. The molecule has 168 valence electrons. The number of aryl methyl sites for hydroxylation is 1. The number of nitrogens with zero attached hydrogens (tertiary/aromatic N) is 3. The molecule has 8 heteroatoms. The lowest BCUT2D eigenvalue weighted by molar-refractivity contribution is 0.0697. The topological polar surface area (TPSA) is 97.1 Å². The number of pyridine rings is 1. The third-order valence-corrected chi connectivity index (χ3v) is 6.13. The first kappa shape index (κ1) is 22.4. The number of carboxylic acid groups (broad SMARTS) is 1. The van der Waals surface area contributed by atoms with Gasteiger partial charge >= 0.3 is 10.8 Å². The van der Waals surface area contributed by atoms with E-state index < -0.39 is 5.97 Å². The Kier molecular flexibility index (Phi) is 6.95. The van der Waals surface area contributed by atoms with Crippen LogP contribution < -0.4 is 10.2 Å². The van der Waals surface area contributed by atoms with Gasteiger partial charge in [0.1, 0.15) is 5.56 Å². The molecule has 2 N–H and O–H groups in total. The van der Waals surface area contributed by atoms with E-state index in [2.05, 4.69) is 22.2 Å². The molecule has 0 aliphatic heterocycles. The molecule has 33 heavy (non-hydrogen) atoms. The molecular formula is C25H24N4O3S. The van der Waals surface area contributed by atoms with Crippen LogP contribution in [0.5, 0.6) is 0 Å². The van der Waals surface area contributed by atoms with Crippen molar-refractivity contribution in [3.05, 3.63) is 87.8 Å². The number of nitrogens with one attached hydrogen (secondary N) is 1. The molecule has 0 saturated carbocycles. The number of anilines is 1. The average Bonchev–Trinajstić information content (AvgIpc) is 3.22. The summed E-state index contributed by atoms with van der Waals surface area (Å²) in [6.45, 7) is 3.38.